The van der Waals surface area contributed by atoms with Crippen molar-refractivity contribution in [1.82, 2.24) is 4.98 Å². The van der Waals surface area contributed by atoms with Crippen molar-refractivity contribution in [3.05, 3.63) is 18.2 Å². The molecule has 0 aliphatic rings. The normalized spacial score (nSPS) is 11.8. The lowest BCUT2D eigenvalue weighted by Gasteiger charge is -1.95. The molecule has 0 spiro atoms. The predicted molar refractivity (Wildman–Crippen MR) is 60.8 cm³/mol. The van der Waals surface area contributed by atoms with Crippen LogP contribution in [0.3, 0.4) is 0 Å². The van der Waals surface area contributed by atoms with Crippen LogP contribution in [0.15, 0.2) is 18.2 Å². The Morgan fingerprint density at radius 2 is 2.13 bits per heavy atom. The van der Waals surface area contributed by atoms with Gasteiger partial charge in [0.05, 0.1) is 10.2 Å². The van der Waals surface area contributed by atoms with Gasteiger partial charge in [0.15, 0.2) is 5.13 Å². The van der Waals surface area contributed by atoms with Gasteiger partial charge in [-0.2, -0.15) is 8.42 Å². The first kappa shape index (κ1) is 10.1. The molecule has 1 aromatic heterocycles. The number of nitrogens with one attached hydrogen (secondary N) is 1. The maximum atomic E-state index is 10.8. The molecule has 1 heterocycles. The third kappa shape index (κ3) is 2.35. The minimum atomic E-state index is -3.77. The summed E-state index contributed by atoms with van der Waals surface area (Å²) >= 11 is 1.18. The quantitative estimate of drug-likeness (QED) is 0.667. The van der Waals surface area contributed by atoms with E-state index >= 15 is 0 Å². The Labute approximate surface area is 90.1 Å². The van der Waals surface area contributed by atoms with Crippen LogP contribution in [0.5, 0.6) is 0 Å². The van der Waals surface area contributed by atoms with Gasteiger partial charge in [0.1, 0.15) is 0 Å². The number of benzene rings is 1. The average Bonchev–Trinajstić information content (AvgIpc) is 2.42. The predicted octanol–water partition coefficient (Wildman–Crippen LogP) is 0.494. The molecule has 15 heavy (non-hydrogen) atoms. The number of aromatic nitrogens is 1. The van der Waals surface area contributed by atoms with Gasteiger partial charge in [-0.15, -0.1) is 0 Å². The van der Waals surface area contributed by atoms with Gasteiger partial charge in [0.2, 0.25) is 0 Å². The van der Waals surface area contributed by atoms with Crippen LogP contribution in [0, 0.1) is 0 Å². The molecule has 0 amide bonds. The van der Waals surface area contributed by atoms with Crippen molar-refractivity contribution < 1.29 is 8.42 Å². The Bertz CT molecular complexity index is 604. The minimum Gasteiger partial charge on any atom is -0.399 e. The summed E-state index contributed by atoms with van der Waals surface area (Å²) in [4.78, 5) is 4.03. The molecule has 0 radical (unpaired) electrons. The SMILES string of the molecule is Nc1ccc2nc(NS(N)(=O)=O)sc2c1. The summed E-state index contributed by atoms with van der Waals surface area (Å²) < 4.78 is 24.4. The summed E-state index contributed by atoms with van der Waals surface area (Å²) in [6.07, 6.45) is 0. The number of nitrogens with two attached hydrogens (primary N) is 2. The third-order valence-corrected chi connectivity index (χ3v) is 3.18. The Morgan fingerprint density at radius 1 is 1.40 bits per heavy atom. The second kappa shape index (κ2) is 3.33. The Morgan fingerprint density at radius 3 is 2.80 bits per heavy atom. The number of thiazole rings is 1. The van der Waals surface area contributed by atoms with E-state index in [1.54, 1.807) is 18.2 Å². The van der Waals surface area contributed by atoms with Crippen LogP contribution in [0.1, 0.15) is 0 Å². The lowest BCUT2D eigenvalue weighted by atomic mass is 10.3. The van der Waals surface area contributed by atoms with Gasteiger partial charge in [-0.1, -0.05) is 11.3 Å². The molecule has 2 aromatic rings. The molecule has 0 saturated heterocycles. The molecular weight excluding hydrogens is 236 g/mol. The van der Waals surface area contributed by atoms with E-state index in [4.69, 9.17) is 10.9 Å². The van der Waals surface area contributed by atoms with Gasteiger partial charge in [-0.3, -0.25) is 0 Å². The monoisotopic (exact) mass is 244 g/mol. The Hall–Kier alpha value is -1.38. The fraction of sp³-hybridized carbons (Fsp3) is 0. The highest BCUT2D eigenvalue weighted by Gasteiger charge is 2.08. The second-order valence-corrected chi connectivity index (χ2v) is 5.22. The number of fused-ring (bicyclic) bond motifs is 1. The van der Waals surface area contributed by atoms with Gasteiger partial charge < -0.3 is 5.73 Å². The maximum Gasteiger partial charge on any atom is 0.298 e. The first-order valence-electron chi connectivity index (χ1n) is 3.91. The molecule has 5 N–H and O–H groups in total. The van der Waals surface area contributed by atoms with Gasteiger partial charge in [0, 0.05) is 5.69 Å². The summed E-state index contributed by atoms with van der Waals surface area (Å²) in [5.41, 5.74) is 6.86. The van der Waals surface area contributed by atoms with Crippen molar-refractivity contribution in [3.8, 4) is 0 Å². The number of rotatable bonds is 2. The average molecular weight is 244 g/mol. The van der Waals surface area contributed by atoms with E-state index < -0.39 is 10.2 Å². The largest absolute Gasteiger partial charge is 0.399 e. The van der Waals surface area contributed by atoms with Crippen LogP contribution < -0.4 is 15.6 Å². The van der Waals surface area contributed by atoms with Crippen molar-refractivity contribution >= 4 is 42.6 Å². The van der Waals surface area contributed by atoms with Gasteiger partial charge in [-0.05, 0) is 18.2 Å². The summed E-state index contributed by atoms with van der Waals surface area (Å²) in [6, 6.07) is 5.14. The summed E-state index contributed by atoms with van der Waals surface area (Å²) in [7, 11) is -3.77. The van der Waals surface area contributed by atoms with Gasteiger partial charge >= 0.3 is 0 Å². The molecule has 6 nitrogen and oxygen atoms in total. The third-order valence-electron chi connectivity index (χ3n) is 1.64. The highest BCUT2D eigenvalue weighted by molar-refractivity contribution is 7.90. The smallest absolute Gasteiger partial charge is 0.298 e. The zero-order valence-electron chi connectivity index (χ0n) is 7.47. The van der Waals surface area contributed by atoms with Crippen LogP contribution in [-0.2, 0) is 10.2 Å². The van der Waals surface area contributed by atoms with E-state index in [0.29, 0.717) is 11.2 Å². The number of hydrogen-bond donors (Lipinski definition) is 3. The second-order valence-electron chi connectivity index (χ2n) is 2.89. The zero-order chi connectivity index (χ0) is 11.1. The van der Waals surface area contributed by atoms with E-state index in [1.807, 2.05) is 0 Å². The van der Waals surface area contributed by atoms with Crippen LogP contribution in [-0.4, -0.2) is 13.4 Å². The van der Waals surface area contributed by atoms with E-state index in [9.17, 15) is 8.42 Å². The van der Waals surface area contributed by atoms with Gasteiger partial charge in [-0.25, -0.2) is 14.8 Å². The van der Waals surface area contributed by atoms with Crippen molar-refractivity contribution in [2.24, 2.45) is 5.14 Å². The number of anilines is 2. The van der Waals surface area contributed by atoms with E-state index in [-0.39, 0.29) is 5.13 Å². The number of nitrogens with zero attached hydrogens (tertiary/aromatic N) is 1. The molecule has 0 bridgehead atoms. The standard InChI is InChI=1S/C7H8N4O2S2/c8-4-1-2-5-6(3-4)14-7(10-5)11-15(9,12)13/h1-3H,8H2,(H,10,11)(H2,9,12,13). The minimum absolute atomic E-state index is 0.234. The van der Waals surface area contributed by atoms with Crippen molar-refractivity contribution in [1.29, 1.82) is 0 Å². The van der Waals surface area contributed by atoms with E-state index in [0.717, 1.165) is 4.70 Å². The molecular formula is C7H8N4O2S2. The summed E-state index contributed by atoms with van der Waals surface area (Å²) in [6.45, 7) is 0. The molecule has 80 valence electrons. The highest BCUT2D eigenvalue weighted by Crippen LogP contribution is 2.27. The summed E-state index contributed by atoms with van der Waals surface area (Å²) in [5, 5.41) is 5.06. The molecule has 1 aromatic carbocycles. The number of hydrogen-bond acceptors (Lipinski definition) is 5. The summed E-state index contributed by atoms with van der Waals surface area (Å²) in [5.74, 6) is 0. The van der Waals surface area contributed by atoms with E-state index in [2.05, 4.69) is 9.71 Å². The van der Waals surface area contributed by atoms with Gasteiger partial charge in [0.25, 0.3) is 10.2 Å². The van der Waals surface area contributed by atoms with Crippen LogP contribution in [0.2, 0.25) is 0 Å². The lowest BCUT2D eigenvalue weighted by molar-refractivity contribution is 0.603. The molecule has 8 heteroatoms. The van der Waals surface area contributed by atoms with Crippen molar-refractivity contribution in [2.45, 2.75) is 0 Å². The zero-order valence-corrected chi connectivity index (χ0v) is 9.10. The fourth-order valence-electron chi connectivity index (χ4n) is 1.11. The highest BCUT2D eigenvalue weighted by atomic mass is 32.2. The van der Waals surface area contributed by atoms with Crippen molar-refractivity contribution in [3.63, 3.8) is 0 Å². The molecule has 0 aliphatic heterocycles. The molecule has 0 aliphatic carbocycles. The van der Waals surface area contributed by atoms with Crippen molar-refractivity contribution in [2.75, 3.05) is 10.5 Å². The lowest BCUT2D eigenvalue weighted by Crippen LogP contribution is -2.21. The molecule has 0 fully saturated rings. The van der Waals surface area contributed by atoms with Crippen LogP contribution >= 0.6 is 11.3 Å². The first-order valence-corrected chi connectivity index (χ1v) is 6.27. The maximum absolute atomic E-state index is 10.8. The fourth-order valence-corrected chi connectivity index (χ4v) is 2.68. The molecule has 0 atom stereocenters. The topological polar surface area (TPSA) is 111 Å². The molecule has 0 unspecified atom stereocenters. The van der Waals surface area contributed by atoms with E-state index in [1.165, 1.54) is 11.3 Å². The molecule has 2 rings (SSSR count). The van der Waals surface area contributed by atoms with Crippen LogP contribution in [0.4, 0.5) is 10.8 Å². The Kier molecular flexibility index (Phi) is 2.25. The first-order chi connectivity index (χ1) is 6.94. The molecule has 0 saturated carbocycles. The number of nitrogen functional groups attached to an aromatic ring is 1. The van der Waals surface area contributed by atoms with Crippen LogP contribution in [0.25, 0.3) is 10.2 Å². The Balaban J connectivity index is 2.48.